The summed E-state index contributed by atoms with van der Waals surface area (Å²) in [6.45, 7) is 0.267. The van der Waals surface area contributed by atoms with Crippen LogP contribution in [0.15, 0.2) is 18.2 Å². The smallest absolute Gasteiger partial charge is 0.185 e. The van der Waals surface area contributed by atoms with Crippen LogP contribution in [0.3, 0.4) is 0 Å². The van der Waals surface area contributed by atoms with Gasteiger partial charge in [-0.05, 0) is 18.6 Å². The van der Waals surface area contributed by atoms with E-state index in [0.717, 1.165) is 12.1 Å². The molecule has 2 N–H and O–H groups in total. The average Bonchev–Trinajstić information content (AvgIpc) is 2.25. The monoisotopic (exact) mass is 229 g/mol. The minimum absolute atomic E-state index is 0.225. The normalized spacial score (nSPS) is 12.5. The molecule has 0 fully saturated rings. The van der Waals surface area contributed by atoms with E-state index < -0.39 is 29.0 Å². The minimum Gasteiger partial charge on any atom is -0.385 e. The Morgan fingerprint density at radius 3 is 2.50 bits per heavy atom. The molecule has 5 heteroatoms. The summed E-state index contributed by atoms with van der Waals surface area (Å²) in [5, 5.41) is 0. The number of ether oxygens (including phenoxy) is 1. The molecule has 0 spiro atoms. The van der Waals surface area contributed by atoms with Gasteiger partial charge in [0.05, 0.1) is 11.6 Å². The summed E-state index contributed by atoms with van der Waals surface area (Å²) in [5.41, 5.74) is 4.93. The number of Topliss-reactive ketones (excluding diaryl/α,β-unsaturated/α-hetero) is 1. The lowest BCUT2D eigenvalue weighted by Gasteiger charge is -2.11. The predicted octanol–water partition coefficient (Wildman–Crippen LogP) is 1.51. The molecule has 0 saturated heterocycles. The molecule has 0 bridgehead atoms. The molecule has 0 saturated carbocycles. The quantitative estimate of drug-likeness (QED) is 0.779. The van der Waals surface area contributed by atoms with Gasteiger partial charge in [0.25, 0.3) is 0 Å². The van der Waals surface area contributed by atoms with Crippen molar-refractivity contribution in [3.63, 3.8) is 0 Å². The van der Waals surface area contributed by atoms with E-state index in [1.807, 2.05) is 0 Å². The molecule has 3 nitrogen and oxygen atoms in total. The molecular formula is C11H13F2NO2. The number of carbonyl (C=O) groups is 1. The van der Waals surface area contributed by atoms with Gasteiger partial charge in [-0.25, -0.2) is 8.78 Å². The Kier molecular flexibility index (Phi) is 4.52. The van der Waals surface area contributed by atoms with Crippen molar-refractivity contribution in [2.24, 2.45) is 5.73 Å². The zero-order valence-corrected chi connectivity index (χ0v) is 8.87. The maximum atomic E-state index is 13.2. The Morgan fingerprint density at radius 2 is 2.00 bits per heavy atom. The second-order valence-electron chi connectivity index (χ2n) is 3.35. The maximum Gasteiger partial charge on any atom is 0.185 e. The first kappa shape index (κ1) is 12.7. The van der Waals surface area contributed by atoms with Crippen molar-refractivity contribution in [1.82, 2.24) is 0 Å². The number of halogens is 2. The molecule has 0 radical (unpaired) electrons. The first-order chi connectivity index (χ1) is 7.57. The molecule has 0 heterocycles. The van der Waals surface area contributed by atoms with Crippen LogP contribution in [0.25, 0.3) is 0 Å². The van der Waals surface area contributed by atoms with Gasteiger partial charge in [0.2, 0.25) is 0 Å². The lowest BCUT2D eigenvalue weighted by Crippen LogP contribution is -2.33. The van der Waals surface area contributed by atoms with Crippen LogP contribution in [0.4, 0.5) is 8.78 Å². The number of carbonyl (C=O) groups excluding carboxylic acids is 1. The Hall–Kier alpha value is -1.33. The first-order valence-corrected chi connectivity index (χ1v) is 4.80. The van der Waals surface area contributed by atoms with Gasteiger partial charge in [-0.2, -0.15) is 0 Å². The van der Waals surface area contributed by atoms with Gasteiger partial charge in [0.1, 0.15) is 11.6 Å². The van der Waals surface area contributed by atoms with Crippen LogP contribution < -0.4 is 5.73 Å². The molecule has 1 unspecified atom stereocenters. The van der Waals surface area contributed by atoms with E-state index in [-0.39, 0.29) is 13.0 Å². The molecule has 1 aromatic carbocycles. The zero-order valence-electron chi connectivity index (χ0n) is 8.87. The molecular weight excluding hydrogens is 216 g/mol. The number of hydrogen-bond donors (Lipinski definition) is 1. The third-order valence-electron chi connectivity index (χ3n) is 2.18. The van der Waals surface area contributed by atoms with E-state index in [9.17, 15) is 13.6 Å². The van der Waals surface area contributed by atoms with Crippen LogP contribution in [0.5, 0.6) is 0 Å². The van der Waals surface area contributed by atoms with E-state index in [2.05, 4.69) is 0 Å². The molecule has 1 rings (SSSR count). The third kappa shape index (κ3) is 2.84. The molecule has 88 valence electrons. The van der Waals surface area contributed by atoms with Crippen molar-refractivity contribution in [1.29, 1.82) is 0 Å². The minimum atomic E-state index is -0.952. The van der Waals surface area contributed by atoms with E-state index in [1.165, 1.54) is 13.2 Å². The zero-order chi connectivity index (χ0) is 12.1. The molecule has 1 aromatic rings. The Labute approximate surface area is 92.2 Å². The summed E-state index contributed by atoms with van der Waals surface area (Å²) < 4.78 is 31.2. The molecule has 0 aliphatic rings. The standard InChI is InChI=1S/C11H13F2NO2/c1-16-6-5-9(14)11(15)10-7(12)3-2-4-8(10)13/h2-4,9H,5-6,14H2,1H3. The largest absolute Gasteiger partial charge is 0.385 e. The fourth-order valence-corrected chi connectivity index (χ4v) is 1.29. The van der Waals surface area contributed by atoms with Crippen LogP contribution in [0.1, 0.15) is 16.8 Å². The van der Waals surface area contributed by atoms with E-state index in [1.54, 1.807) is 0 Å². The fourth-order valence-electron chi connectivity index (χ4n) is 1.29. The van der Waals surface area contributed by atoms with Gasteiger partial charge in [0, 0.05) is 13.7 Å². The van der Waals surface area contributed by atoms with Crippen molar-refractivity contribution < 1.29 is 18.3 Å². The highest BCUT2D eigenvalue weighted by molar-refractivity contribution is 6.00. The van der Waals surface area contributed by atoms with Crippen molar-refractivity contribution in [2.45, 2.75) is 12.5 Å². The second-order valence-corrected chi connectivity index (χ2v) is 3.35. The number of benzene rings is 1. The molecule has 1 atom stereocenters. The van der Waals surface area contributed by atoms with Gasteiger partial charge in [0.15, 0.2) is 5.78 Å². The van der Waals surface area contributed by atoms with Crippen molar-refractivity contribution in [3.8, 4) is 0 Å². The first-order valence-electron chi connectivity index (χ1n) is 4.80. The van der Waals surface area contributed by atoms with Crippen LogP contribution in [0.2, 0.25) is 0 Å². The molecule has 16 heavy (non-hydrogen) atoms. The summed E-state index contributed by atoms with van der Waals surface area (Å²) in [7, 11) is 1.46. The molecule has 0 amide bonds. The third-order valence-corrected chi connectivity index (χ3v) is 2.18. The molecule has 0 aromatic heterocycles. The summed E-state index contributed by atoms with van der Waals surface area (Å²) in [4.78, 5) is 11.6. The Bertz CT molecular complexity index is 362. The van der Waals surface area contributed by atoms with Crippen LogP contribution in [-0.4, -0.2) is 25.5 Å². The van der Waals surface area contributed by atoms with Crippen LogP contribution >= 0.6 is 0 Å². The van der Waals surface area contributed by atoms with Crippen molar-refractivity contribution >= 4 is 5.78 Å². The highest BCUT2D eigenvalue weighted by Gasteiger charge is 2.22. The lowest BCUT2D eigenvalue weighted by molar-refractivity contribution is 0.0927. The van der Waals surface area contributed by atoms with Crippen molar-refractivity contribution in [2.75, 3.05) is 13.7 Å². The number of nitrogens with two attached hydrogens (primary N) is 1. The second kappa shape index (κ2) is 5.67. The Balaban J connectivity index is 2.87. The van der Waals surface area contributed by atoms with E-state index in [4.69, 9.17) is 10.5 Å². The average molecular weight is 229 g/mol. The number of methoxy groups -OCH3 is 1. The van der Waals surface area contributed by atoms with Gasteiger partial charge < -0.3 is 10.5 Å². The molecule has 0 aliphatic heterocycles. The van der Waals surface area contributed by atoms with E-state index in [0.29, 0.717) is 0 Å². The summed E-state index contributed by atoms with van der Waals surface area (Å²) in [5.74, 6) is -2.52. The summed E-state index contributed by atoms with van der Waals surface area (Å²) in [6.07, 6.45) is 0.225. The highest BCUT2D eigenvalue weighted by Crippen LogP contribution is 2.14. The highest BCUT2D eigenvalue weighted by atomic mass is 19.1. The van der Waals surface area contributed by atoms with Gasteiger partial charge >= 0.3 is 0 Å². The number of hydrogen-bond acceptors (Lipinski definition) is 3. The summed E-state index contributed by atoms with van der Waals surface area (Å²) in [6, 6.07) is 2.30. The van der Waals surface area contributed by atoms with Gasteiger partial charge in [-0.3, -0.25) is 4.79 Å². The predicted molar refractivity (Wildman–Crippen MR) is 55.2 cm³/mol. The van der Waals surface area contributed by atoms with Crippen LogP contribution in [-0.2, 0) is 4.74 Å². The number of rotatable bonds is 5. The van der Waals surface area contributed by atoms with E-state index >= 15 is 0 Å². The van der Waals surface area contributed by atoms with Crippen molar-refractivity contribution in [3.05, 3.63) is 35.4 Å². The fraction of sp³-hybridized carbons (Fsp3) is 0.364. The van der Waals surface area contributed by atoms with Gasteiger partial charge in [-0.15, -0.1) is 0 Å². The number of ketones is 1. The molecule has 0 aliphatic carbocycles. The summed E-state index contributed by atoms with van der Waals surface area (Å²) >= 11 is 0. The Morgan fingerprint density at radius 1 is 1.44 bits per heavy atom. The lowest BCUT2D eigenvalue weighted by atomic mass is 10.0. The van der Waals surface area contributed by atoms with Crippen LogP contribution in [0, 0.1) is 11.6 Å². The topological polar surface area (TPSA) is 52.3 Å². The SMILES string of the molecule is COCCC(N)C(=O)c1c(F)cccc1F. The maximum absolute atomic E-state index is 13.2. The van der Waals surface area contributed by atoms with Gasteiger partial charge in [-0.1, -0.05) is 6.07 Å².